The molecule has 0 radical (unpaired) electrons. The van der Waals surface area contributed by atoms with Crippen LogP contribution in [0.1, 0.15) is 22.5 Å². The van der Waals surface area contributed by atoms with Crippen LogP contribution in [0.15, 0.2) is 65.6 Å². The Bertz CT molecular complexity index is 1300. The number of likely N-dealkylation sites (tertiary alicyclic amines) is 1. The molecule has 2 amide bonds. The summed E-state index contributed by atoms with van der Waals surface area (Å²) in [5.41, 5.74) is 1.04. The van der Waals surface area contributed by atoms with Crippen molar-refractivity contribution in [1.29, 1.82) is 0 Å². The molecule has 12 heteroatoms. The molecular weight excluding hydrogens is 499 g/mol. The van der Waals surface area contributed by atoms with Crippen molar-refractivity contribution in [2.45, 2.75) is 24.9 Å². The fraction of sp³-hybridized carbons (Fsp3) is 0.250. The molecule has 4 rings (SSSR count). The first-order chi connectivity index (χ1) is 16.8. The Morgan fingerprint density at radius 1 is 1.08 bits per heavy atom. The Kier molecular flexibility index (Phi) is 9.54. The summed E-state index contributed by atoms with van der Waals surface area (Å²) in [4.78, 5) is 51.0. The summed E-state index contributed by atoms with van der Waals surface area (Å²) in [5, 5.41) is 14.9. The molecule has 1 unspecified atom stereocenters. The second-order valence-corrected chi connectivity index (χ2v) is 9.82. The van der Waals surface area contributed by atoms with Crippen molar-refractivity contribution in [3.8, 4) is 5.69 Å². The first-order valence-electron chi connectivity index (χ1n) is 10.9. The van der Waals surface area contributed by atoms with E-state index in [2.05, 4.69) is 10.6 Å². The number of hydrogen-bond donors (Lipinski definition) is 3. The Labute approximate surface area is 228 Å². The number of hydrogen-bond acceptors (Lipinski definition) is 6. The van der Waals surface area contributed by atoms with Gasteiger partial charge in [-0.15, -0.1) is 11.3 Å². The zero-order chi connectivity index (χ0) is 24.9. The van der Waals surface area contributed by atoms with Gasteiger partial charge < -0.3 is 15.7 Å². The Balaban J connectivity index is 0.00000361. The molecule has 1 aliphatic heterocycles. The van der Waals surface area contributed by atoms with Gasteiger partial charge in [-0.05, 0) is 48.9 Å². The van der Waals surface area contributed by atoms with Gasteiger partial charge in [0.05, 0.1) is 21.7 Å². The van der Waals surface area contributed by atoms with Gasteiger partial charge >= 0.3 is 24.8 Å². The average Bonchev–Trinajstić information content (AvgIpc) is 3.45. The predicted molar refractivity (Wildman–Crippen MR) is 133 cm³/mol. The predicted octanol–water partition coefficient (Wildman–Crippen LogP) is -0.157. The number of aliphatic carboxylic acids is 1. The molecule has 0 saturated carbocycles. The molecule has 1 fully saturated rings. The van der Waals surface area contributed by atoms with Gasteiger partial charge in [0.25, 0.3) is 11.5 Å². The maximum Gasteiger partial charge on any atom is 1.00 e. The molecule has 182 valence electrons. The smallest absolute Gasteiger partial charge is 0.481 e. The third-order valence-electron chi connectivity index (χ3n) is 5.69. The van der Waals surface area contributed by atoms with Gasteiger partial charge in [0.1, 0.15) is 0 Å². The number of nitrogens with one attached hydrogen (secondary N) is 2. The molecule has 1 saturated heterocycles. The molecule has 0 bridgehead atoms. The normalized spacial score (nSPS) is 17.2. The summed E-state index contributed by atoms with van der Waals surface area (Å²) in [6.45, 7) is 0.534. The van der Waals surface area contributed by atoms with Crippen LogP contribution in [0.25, 0.3) is 5.69 Å². The molecule has 0 spiro atoms. The van der Waals surface area contributed by atoms with Crippen LogP contribution in [0.4, 0.5) is 5.69 Å². The summed E-state index contributed by atoms with van der Waals surface area (Å²) >= 11 is 7.08. The third kappa shape index (κ3) is 6.87. The molecule has 3 heterocycles. The number of carbonyl (C=O) groups is 3. The van der Waals surface area contributed by atoms with Crippen molar-refractivity contribution < 1.29 is 38.4 Å². The van der Waals surface area contributed by atoms with Crippen LogP contribution in [0, 0.1) is 0 Å². The van der Waals surface area contributed by atoms with Gasteiger partial charge in [-0.2, -0.15) is 0 Å². The fourth-order valence-electron chi connectivity index (χ4n) is 4.03. The van der Waals surface area contributed by atoms with E-state index in [0.717, 1.165) is 11.3 Å². The number of nitrogens with zero attached hydrogens (tertiary/aromatic N) is 2. The number of amides is 2. The minimum absolute atomic E-state index is 0. The van der Waals surface area contributed by atoms with Crippen LogP contribution in [0.5, 0.6) is 0 Å². The Morgan fingerprint density at radius 2 is 1.83 bits per heavy atom. The fourth-order valence-corrected chi connectivity index (χ4v) is 4.98. The van der Waals surface area contributed by atoms with Crippen molar-refractivity contribution >= 4 is 46.4 Å². The molecular formula is C24H23ClLiN4O5S+. The third-order valence-corrected chi connectivity index (χ3v) is 6.92. The van der Waals surface area contributed by atoms with Gasteiger partial charge in [0.15, 0.2) is 0 Å². The zero-order valence-electron chi connectivity index (χ0n) is 19.5. The minimum atomic E-state index is -0.961. The summed E-state index contributed by atoms with van der Waals surface area (Å²) in [5.74, 6) is -1.54. The molecule has 1 aromatic carbocycles. The number of anilines is 1. The Morgan fingerprint density at radius 3 is 2.47 bits per heavy atom. The first-order valence-corrected chi connectivity index (χ1v) is 12.1. The van der Waals surface area contributed by atoms with E-state index in [-0.39, 0.29) is 55.2 Å². The van der Waals surface area contributed by atoms with Crippen LogP contribution in [-0.2, 0) is 9.59 Å². The number of halogens is 1. The van der Waals surface area contributed by atoms with Crippen LogP contribution in [0.2, 0.25) is 4.34 Å². The number of carboxylic acid groups (broad SMARTS) is 1. The molecule has 36 heavy (non-hydrogen) atoms. The van der Waals surface area contributed by atoms with Crippen molar-refractivity contribution in [3.05, 3.63) is 80.4 Å². The number of rotatable bonds is 8. The second-order valence-electron chi connectivity index (χ2n) is 8.11. The summed E-state index contributed by atoms with van der Waals surface area (Å²) in [7, 11) is 0. The van der Waals surface area contributed by atoms with Crippen molar-refractivity contribution in [2.24, 2.45) is 0 Å². The van der Waals surface area contributed by atoms with E-state index < -0.39 is 12.0 Å². The summed E-state index contributed by atoms with van der Waals surface area (Å²) < 4.78 is 2.00. The monoisotopic (exact) mass is 521 g/mol. The van der Waals surface area contributed by atoms with E-state index >= 15 is 0 Å². The average molecular weight is 522 g/mol. The van der Waals surface area contributed by atoms with E-state index in [1.54, 1.807) is 59.6 Å². The van der Waals surface area contributed by atoms with Gasteiger partial charge in [0.2, 0.25) is 5.91 Å². The van der Waals surface area contributed by atoms with Gasteiger partial charge in [-0.1, -0.05) is 17.7 Å². The zero-order valence-corrected chi connectivity index (χ0v) is 21.1. The van der Waals surface area contributed by atoms with E-state index in [9.17, 15) is 19.2 Å². The molecule has 2 aromatic heterocycles. The second kappa shape index (κ2) is 12.4. The van der Waals surface area contributed by atoms with Crippen molar-refractivity contribution in [1.82, 2.24) is 14.8 Å². The first kappa shape index (κ1) is 27.7. The van der Waals surface area contributed by atoms with Crippen LogP contribution >= 0.6 is 22.9 Å². The van der Waals surface area contributed by atoms with Gasteiger partial charge in [0, 0.05) is 42.8 Å². The molecule has 2 atom stereocenters. The molecule has 9 nitrogen and oxygen atoms in total. The number of thiophene rings is 1. The minimum Gasteiger partial charge on any atom is -0.481 e. The number of aromatic nitrogens is 1. The molecule has 3 aromatic rings. The SMILES string of the molecule is O=C(O)CCN1C[C@@H](NC(=O)c2ccc(Cl)s2)CC1C(=O)Nc1ccc(-n2ccccc2=O)cc1.[Li+]. The van der Waals surface area contributed by atoms with Crippen LogP contribution in [-0.4, -0.2) is 57.5 Å². The molecule has 0 aliphatic carbocycles. The largest absolute Gasteiger partial charge is 1.00 e. The quantitative estimate of drug-likeness (QED) is 0.354. The number of carboxylic acids is 1. The van der Waals surface area contributed by atoms with Crippen molar-refractivity contribution in [3.63, 3.8) is 0 Å². The van der Waals surface area contributed by atoms with E-state index in [1.165, 1.54) is 10.6 Å². The van der Waals surface area contributed by atoms with Gasteiger partial charge in [-0.25, -0.2) is 0 Å². The topological polar surface area (TPSA) is 121 Å². The van der Waals surface area contributed by atoms with Crippen LogP contribution < -0.4 is 35.1 Å². The number of benzene rings is 1. The number of carbonyl (C=O) groups excluding carboxylic acids is 2. The Hall–Kier alpha value is -2.87. The summed E-state index contributed by atoms with van der Waals surface area (Å²) in [6.07, 6.45) is 1.88. The van der Waals surface area contributed by atoms with E-state index in [0.29, 0.717) is 33.6 Å². The molecule has 1 aliphatic rings. The van der Waals surface area contributed by atoms with Crippen molar-refractivity contribution in [2.75, 3.05) is 18.4 Å². The maximum atomic E-state index is 13.1. The molecule has 3 N–H and O–H groups in total. The maximum absolute atomic E-state index is 13.1. The van der Waals surface area contributed by atoms with Gasteiger partial charge in [-0.3, -0.25) is 28.6 Å². The number of pyridine rings is 1. The standard InChI is InChI=1S/C24H23ClN4O5S.Li/c25-20-9-8-19(35-20)24(34)27-16-13-18(28(14-16)12-10-22(31)32)23(33)26-15-4-6-17(7-5-15)29-11-2-1-3-21(29)30;/h1-9,11,16,18H,10,12-14H2,(H,26,33)(H,27,34)(H,31,32);/q;+1/t16-,18?;/m0./s1. The van der Waals surface area contributed by atoms with E-state index in [4.69, 9.17) is 16.7 Å². The van der Waals surface area contributed by atoms with E-state index in [1.807, 2.05) is 0 Å². The van der Waals surface area contributed by atoms with Crippen LogP contribution in [0.3, 0.4) is 0 Å². The summed E-state index contributed by atoms with van der Waals surface area (Å²) in [6, 6.07) is 14.1.